The smallest absolute Gasteiger partial charge is 0.330 e. The molecule has 152 valence electrons. The number of aromatic amines is 1. The maximum absolute atomic E-state index is 11.6. The van der Waals surface area contributed by atoms with Crippen LogP contribution in [0.25, 0.3) is 17.2 Å². The molecule has 0 amide bonds. The van der Waals surface area contributed by atoms with Crippen LogP contribution in [0.1, 0.15) is 33.6 Å². The highest BCUT2D eigenvalue weighted by Crippen LogP contribution is 2.36. The van der Waals surface area contributed by atoms with Crippen LogP contribution in [0.4, 0.5) is 0 Å². The van der Waals surface area contributed by atoms with Gasteiger partial charge in [0.2, 0.25) is 0 Å². The zero-order chi connectivity index (χ0) is 21.4. The van der Waals surface area contributed by atoms with Gasteiger partial charge in [-0.3, -0.25) is 4.99 Å². The maximum atomic E-state index is 11.6. The van der Waals surface area contributed by atoms with Crippen molar-refractivity contribution in [3.63, 3.8) is 0 Å². The van der Waals surface area contributed by atoms with Crippen molar-refractivity contribution in [1.29, 1.82) is 5.26 Å². The van der Waals surface area contributed by atoms with Gasteiger partial charge in [0.15, 0.2) is 0 Å². The van der Waals surface area contributed by atoms with Gasteiger partial charge in [0.05, 0.1) is 32.6 Å². The first-order valence-corrected chi connectivity index (χ1v) is 8.55. The molecule has 0 aliphatic carbocycles. The summed E-state index contributed by atoms with van der Waals surface area (Å²) in [6.07, 6.45) is 3.87. The lowest BCUT2D eigenvalue weighted by Gasteiger charge is -2.16. The number of aliphatic imine (C=N–C) groups is 1. The highest BCUT2D eigenvalue weighted by Gasteiger charge is 2.21. The van der Waals surface area contributed by atoms with Gasteiger partial charge in [0.25, 0.3) is 0 Å². The second kappa shape index (κ2) is 10.3. The molecule has 1 aromatic carbocycles. The van der Waals surface area contributed by atoms with E-state index in [0.29, 0.717) is 39.1 Å². The molecule has 0 saturated heterocycles. The monoisotopic (exact) mass is 399 g/mol. The number of carbonyl (C=O) groups excluding carboxylic acids is 1. The van der Waals surface area contributed by atoms with Crippen LogP contribution in [-0.2, 0) is 29.4 Å². The number of esters is 1. The average molecular weight is 399 g/mol. The Kier molecular flexibility index (Phi) is 7.82. The van der Waals surface area contributed by atoms with Crippen molar-refractivity contribution < 1.29 is 30.0 Å². The molecular weight excluding hydrogens is 378 g/mol. The van der Waals surface area contributed by atoms with Crippen molar-refractivity contribution >= 4 is 18.3 Å². The lowest BCUT2D eigenvalue weighted by molar-refractivity contribution is -0.134. The molecule has 0 atom stereocenters. The van der Waals surface area contributed by atoms with E-state index in [1.807, 2.05) is 6.07 Å². The van der Waals surface area contributed by atoms with Gasteiger partial charge in [0.1, 0.15) is 18.5 Å². The molecule has 9 nitrogen and oxygen atoms in total. The topological polar surface area (TPSA) is 159 Å². The molecule has 9 heteroatoms. The van der Waals surface area contributed by atoms with E-state index in [1.165, 1.54) is 19.4 Å². The van der Waals surface area contributed by atoms with Gasteiger partial charge in [0, 0.05) is 23.4 Å². The van der Waals surface area contributed by atoms with E-state index in [2.05, 4.69) is 14.7 Å². The third-order valence-electron chi connectivity index (χ3n) is 4.35. The van der Waals surface area contributed by atoms with Crippen molar-refractivity contribution in [2.75, 3.05) is 13.8 Å². The Morgan fingerprint density at radius 2 is 1.93 bits per heavy atom. The maximum Gasteiger partial charge on any atom is 0.330 e. The van der Waals surface area contributed by atoms with Gasteiger partial charge in [-0.1, -0.05) is 12.1 Å². The van der Waals surface area contributed by atoms with E-state index in [1.54, 1.807) is 12.1 Å². The third kappa shape index (κ3) is 4.59. The third-order valence-corrected chi connectivity index (χ3v) is 4.35. The number of aliphatic hydroxyl groups is 4. The first kappa shape index (κ1) is 22.0. The normalized spacial score (nSPS) is 11.3. The molecule has 1 aromatic heterocycles. The molecule has 0 unspecified atom stereocenters. The van der Waals surface area contributed by atoms with Gasteiger partial charge in [-0.25, -0.2) is 4.79 Å². The number of aliphatic hydroxyl groups excluding tert-OH is 4. The summed E-state index contributed by atoms with van der Waals surface area (Å²) in [5, 5.41) is 47.8. The molecule has 0 bridgehead atoms. The standard InChI is InChI=1S/C20H21N3O6/c1-29-19(28)5-4-14-17(6-21)23-18(7-22-11-27)20(14)13-3-2-12(8-24)15(9-25)16(13)10-26/h2-5,7,23-27H,8-11H2,1H3/b5-4+,22-7+. The summed E-state index contributed by atoms with van der Waals surface area (Å²) in [7, 11) is 1.22. The van der Waals surface area contributed by atoms with Crippen LogP contribution in [0.15, 0.2) is 23.2 Å². The molecule has 2 aromatic rings. The molecule has 29 heavy (non-hydrogen) atoms. The number of benzene rings is 1. The molecule has 0 aliphatic rings. The van der Waals surface area contributed by atoms with Crippen LogP contribution in [0.2, 0.25) is 0 Å². The fourth-order valence-electron chi connectivity index (χ4n) is 3.03. The minimum Gasteiger partial charge on any atom is -0.466 e. The van der Waals surface area contributed by atoms with Crippen LogP contribution < -0.4 is 0 Å². The first-order valence-electron chi connectivity index (χ1n) is 8.55. The molecule has 1 heterocycles. The van der Waals surface area contributed by atoms with Crippen molar-refractivity contribution in [3.05, 3.63) is 51.9 Å². The number of aromatic nitrogens is 1. The molecule has 0 saturated carbocycles. The van der Waals surface area contributed by atoms with Crippen LogP contribution >= 0.6 is 0 Å². The lowest BCUT2D eigenvalue weighted by Crippen LogP contribution is -2.04. The van der Waals surface area contributed by atoms with Crippen molar-refractivity contribution in [2.45, 2.75) is 19.8 Å². The molecular formula is C20H21N3O6. The fourth-order valence-corrected chi connectivity index (χ4v) is 3.03. The summed E-state index contributed by atoms with van der Waals surface area (Å²) in [6.45, 7) is -1.66. The molecule has 2 rings (SSSR count). The number of nitriles is 1. The number of H-pyrrole nitrogens is 1. The summed E-state index contributed by atoms with van der Waals surface area (Å²) >= 11 is 0. The Balaban J connectivity index is 2.87. The van der Waals surface area contributed by atoms with E-state index in [0.717, 1.165) is 6.08 Å². The summed E-state index contributed by atoms with van der Waals surface area (Å²) in [6, 6.07) is 5.23. The largest absolute Gasteiger partial charge is 0.466 e. The Morgan fingerprint density at radius 1 is 1.21 bits per heavy atom. The zero-order valence-corrected chi connectivity index (χ0v) is 15.7. The SMILES string of the molecule is COC(=O)/C=C/c1c(C#N)[nH]c(/C=N/CO)c1-c1ccc(CO)c(CO)c1CO. The average Bonchev–Trinajstić information content (AvgIpc) is 3.11. The Hall–Kier alpha value is -3.29. The van der Waals surface area contributed by atoms with Crippen LogP contribution in [0, 0.1) is 11.3 Å². The number of carbonyl (C=O) groups is 1. The Morgan fingerprint density at radius 3 is 2.48 bits per heavy atom. The van der Waals surface area contributed by atoms with Gasteiger partial charge < -0.3 is 30.1 Å². The first-order chi connectivity index (χ1) is 14.1. The Labute approximate surface area is 166 Å². The second-order valence-corrected chi connectivity index (χ2v) is 5.83. The van der Waals surface area contributed by atoms with E-state index >= 15 is 0 Å². The van der Waals surface area contributed by atoms with Gasteiger partial charge in [-0.15, -0.1) is 0 Å². The molecule has 0 spiro atoms. The minimum atomic E-state index is -0.624. The highest BCUT2D eigenvalue weighted by atomic mass is 16.5. The summed E-state index contributed by atoms with van der Waals surface area (Å²) in [5.41, 5.74) is 2.89. The number of ether oxygens (including phenoxy) is 1. The van der Waals surface area contributed by atoms with Gasteiger partial charge in [-0.05, 0) is 28.3 Å². The van der Waals surface area contributed by atoms with Gasteiger partial charge >= 0.3 is 5.97 Å². The van der Waals surface area contributed by atoms with E-state index in [9.17, 15) is 25.4 Å². The van der Waals surface area contributed by atoms with E-state index in [-0.39, 0.29) is 12.3 Å². The van der Waals surface area contributed by atoms with Crippen LogP contribution in [0.3, 0.4) is 0 Å². The number of hydrogen-bond acceptors (Lipinski definition) is 8. The van der Waals surface area contributed by atoms with Crippen molar-refractivity contribution in [2.24, 2.45) is 4.99 Å². The Bertz CT molecular complexity index is 985. The molecule has 5 N–H and O–H groups in total. The van der Waals surface area contributed by atoms with Crippen LogP contribution in [0.5, 0.6) is 0 Å². The quantitative estimate of drug-likeness (QED) is 0.247. The van der Waals surface area contributed by atoms with Crippen LogP contribution in [-0.4, -0.2) is 51.4 Å². The predicted octanol–water partition coefficient (Wildman–Crippen LogP) is 0.585. The summed E-state index contributed by atoms with van der Waals surface area (Å²) in [4.78, 5) is 18.2. The number of rotatable bonds is 8. The minimum absolute atomic E-state index is 0.125. The second-order valence-electron chi connectivity index (χ2n) is 5.83. The van der Waals surface area contributed by atoms with E-state index in [4.69, 9.17) is 5.11 Å². The lowest BCUT2D eigenvalue weighted by atomic mass is 9.90. The summed E-state index contributed by atoms with van der Waals surface area (Å²) < 4.78 is 4.60. The number of nitrogens with zero attached hydrogens (tertiary/aromatic N) is 2. The molecule has 0 fully saturated rings. The molecule has 0 aliphatic heterocycles. The fraction of sp³-hybridized carbons (Fsp3) is 0.250. The van der Waals surface area contributed by atoms with E-state index < -0.39 is 25.9 Å². The zero-order valence-electron chi connectivity index (χ0n) is 15.7. The molecule has 0 radical (unpaired) electrons. The highest BCUT2D eigenvalue weighted by molar-refractivity contribution is 5.97. The number of hydrogen-bond donors (Lipinski definition) is 5. The van der Waals surface area contributed by atoms with Gasteiger partial charge in [-0.2, -0.15) is 5.26 Å². The van der Waals surface area contributed by atoms with Crippen molar-refractivity contribution in [3.8, 4) is 17.2 Å². The number of nitrogens with one attached hydrogen (secondary N) is 1. The van der Waals surface area contributed by atoms with Crippen molar-refractivity contribution in [1.82, 2.24) is 4.98 Å². The number of methoxy groups -OCH3 is 1. The predicted molar refractivity (Wildman–Crippen MR) is 104 cm³/mol. The summed E-state index contributed by atoms with van der Waals surface area (Å²) in [5.74, 6) is -0.624.